The molecule has 0 amide bonds. The fourth-order valence-electron chi connectivity index (χ4n) is 1.51. The number of rotatable bonds is 3. The standard InChI is InChI=1S/C12H14N2O/c1-10-6-7-13-14(10)9-11-4-3-5-12(8-11)15-2/h3-8H,9H2,1-2H3. The summed E-state index contributed by atoms with van der Waals surface area (Å²) in [7, 11) is 1.68. The maximum atomic E-state index is 5.17. The third-order valence-electron chi connectivity index (χ3n) is 2.40. The second-order valence-electron chi connectivity index (χ2n) is 3.48. The molecular formula is C12H14N2O. The first kappa shape index (κ1) is 9.77. The number of aromatic nitrogens is 2. The van der Waals surface area contributed by atoms with Crippen LogP contribution in [0.4, 0.5) is 0 Å². The molecule has 78 valence electrons. The van der Waals surface area contributed by atoms with Gasteiger partial charge in [0.05, 0.1) is 13.7 Å². The van der Waals surface area contributed by atoms with Gasteiger partial charge in [0.2, 0.25) is 0 Å². The topological polar surface area (TPSA) is 27.1 Å². The first-order valence-corrected chi connectivity index (χ1v) is 4.91. The average Bonchev–Trinajstić information content (AvgIpc) is 2.65. The van der Waals surface area contributed by atoms with Gasteiger partial charge in [0.1, 0.15) is 5.75 Å². The fourth-order valence-corrected chi connectivity index (χ4v) is 1.51. The minimum atomic E-state index is 0.788. The number of aryl methyl sites for hydroxylation is 1. The van der Waals surface area contributed by atoms with Crippen LogP contribution in [0.1, 0.15) is 11.3 Å². The molecule has 0 radical (unpaired) electrons. The number of hydrogen-bond donors (Lipinski definition) is 0. The summed E-state index contributed by atoms with van der Waals surface area (Å²) >= 11 is 0. The Kier molecular flexibility index (Phi) is 2.72. The molecule has 15 heavy (non-hydrogen) atoms. The predicted molar refractivity (Wildman–Crippen MR) is 59.1 cm³/mol. The van der Waals surface area contributed by atoms with Crippen LogP contribution in [0.15, 0.2) is 36.5 Å². The summed E-state index contributed by atoms with van der Waals surface area (Å²) in [5.74, 6) is 0.886. The second-order valence-corrected chi connectivity index (χ2v) is 3.48. The van der Waals surface area contributed by atoms with Gasteiger partial charge in [-0.15, -0.1) is 0 Å². The van der Waals surface area contributed by atoms with Crippen molar-refractivity contribution in [1.82, 2.24) is 9.78 Å². The normalized spacial score (nSPS) is 10.3. The van der Waals surface area contributed by atoms with E-state index in [4.69, 9.17) is 4.74 Å². The van der Waals surface area contributed by atoms with Crippen LogP contribution in [0.25, 0.3) is 0 Å². The minimum Gasteiger partial charge on any atom is -0.497 e. The van der Waals surface area contributed by atoms with Crippen LogP contribution in [-0.2, 0) is 6.54 Å². The van der Waals surface area contributed by atoms with Gasteiger partial charge < -0.3 is 4.74 Å². The second kappa shape index (κ2) is 4.17. The zero-order valence-corrected chi connectivity index (χ0v) is 8.97. The molecule has 0 saturated carbocycles. The Balaban J connectivity index is 2.21. The molecule has 0 bridgehead atoms. The first-order chi connectivity index (χ1) is 7.29. The number of nitrogens with zero attached hydrogens (tertiary/aromatic N) is 2. The summed E-state index contributed by atoms with van der Waals surface area (Å²) in [5, 5.41) is 4.24. The van der Waals surface area contributed by atoms with Crippen molar-refractivity contribution in [2.75, 3.05) is 7.11 Å². The van der Waals surface area contributed by atoms with Crippen molar-refractivity contribution in [2.45, 2.75) is 13.5 Å². The lowest BCUT2D eigenvalue weighted by Crippen LogP contribution is -2.03. The number of methoxy groups -OCH3 is 1. The molecule has 0 atom stereocenters. The number of hydrogen-bond acceptors (Lipinski definition) is 2. The molecule has 1 aromatic heterocycles. The van der Waals surface area contributed by atoms with E-state index < -0.39 is 0 Å². The van der Waals surface area contributed by atoms with Crippen LogP contribution in [0, 0.1) is 6.92 Å². The van der Waals surface area contributed by atoms with Crippen LogP contribution in [-0.4, -0.2) is 16.9 Å². The Morgan fingerprint density at radius 2 is 2.20 bits per heavy atom. The number of ether oxygens (including phenoxy) is 1. The van der Waals surface area contributed by atoms with Gasteiger partial charge in [0, 0.05) is 11.9 Å². The lowest BCUT2D eigenvalue weighted by Gasteiger charge is -2.06. The molecule has 0 fully saturated rings. The average molecular weight is 202 g/mol. The van der Waals surface area contributed by atoms with Crippen molar-refractivity contribution < 1.29 is 4.74 Å². The molecule has 0 aliphatic carbocycles. The molecular weight excluding hydrogens is 188 g/mol. The molecule has 3 heteroatoms. The molecule has 1 heterocycles. The van der Waals surface area contributed by atoms with Gasteiger partial charge in [-0.3, -0.25) is 4.68 Å². The first-order valence-electron chi connectivity index (χ1n) is 4.91. The molecule has 2 rings (SSSR count). The van der Waals surface area contributed by atoms with Crippen molar-refractivity contribution in [3.05, 3.63) is 47.8 Å². The van der Waals surface area contributed by atoms with Gasteiger partial charge in [0.25, 0.3) is 0 Å². The van der Waals surface area contributed by atoms with Crippen LogP contribution in [0.2, 0.25) is 0 Å². The SMILES string of the molecule is COc1cccc(Cn2nccc2C)c1. The van der Waals surface area contributed by atoms with Gasteiger partial charge in [-0.05, 0) is 30.7 Å². The smallest absolute Gasteiger partial charge is 0.119 e. The Bertz CT molecular complexity index is 448. The molecule has 0 unspecified atom stereocenters. The summed E-state index contributed by atoms with van der Waals surface area (Å²) < 4.78 is 7.14. The van der Waals surface area contributed by atoms with Crippen LogP contribution >= 0.6 is 0 Å². The Morgan fingerprint density at radius 3 is 2.87 bits per heavy atom. The van der Waals surface area contributed by atoms with Crippen molar-refractivity contribution in [2.24, 2.45) is 0 Å². The van der Waals surface area contributed by atoms with E-state index in [1.165, 1.54) is 5.56 Å². The Labute approximate surface area is 89.3 Å². The van der Waals surface area contributed by atoms with Crippen molar-refractivity contribution in [3.8, 4) is 5.75 Å². The van der Waals surface area contributed by atoms with E-state index in [0.29, 0.717) is 0 Å². The predicted octanol–water partition coefficient (Wildman–Crippen LogP) is 2.25. The van der Waals surface area contributed by atoms with E-state index in [-0.39, 0.29) is 0 Å². The summed E-state index contributed by atoms with van der Waals surface area (Å²) in [6.45, 7) is 2.84. The van der Waals surface area contributed by atoms with Gasteiger partial charge in [0.15, 0.2) is 0 Å². The van der Waals surface area contributed by atoms with E-state index in [2.05, 4.69) is 11.2 Å². The molecule has 3 nitrogen and oxygen atoms in total. The zero-order valence-electron chi connectivity index (χ0n) is 8.97. The van der Waals surface area contributed by atoms with Crippen LogP contribution in [0.3, 0.4) is 0 Å². The van der Waals surface area contributed by atoms with E-state index in [1.54, 1.807) is 7.11 Å². The lowest BCUT2D eigenvalue weighted by molar-refractivity contribution is 0.414. The third-order valence-corrected chi connectivity index (χ3v) is 2.40. The van der Waals surface area contributed by atoms with Gasteiger partial charge in [-0.2, -0.15) is 5.10 Å². The molecule has 0 saturated heterocycles. The number of benzene rings is 1. The Hall–Kier alpha value is -1.77. The molecule has 0 spiro atoms. The summed E-state index contributed by atoms with van der Waals surface area (Å²) in [4.78, 5) is 0. The summed E-state index contributed by atoms with van der Waals surface area (Å²) in [6.07, 6.45) is 1.81. The Morgan fingerprint density at radius 1 is 1.33 bits per heavy atom. The zero-order chi connectivity index (χ0) is 10.7. The van der Waals surface area contributed by atoms with E-state index in [0.717, 1.165) is 18.0 Å². The highest BCUT2D eigenvalue weighted by molar-refractivity contribution is 5.28. The maximum Gasteiger partial charge on any atom is 0.119 e. The highest BCUT2D eigenvalue weighted by Gasteiger charge is 2.00. The molecule has 2 aromatic rings. The maximum absolute atomic E-state index is 5.17. The van der Waals surface area contributed by atoms with Crippen LogP contribution < -0.4 is 4.74 Å². The quantitative estimate of drug-likeness (QED) is 0.763. The molecule has 0 aliphatic rings. The highest BCUT2D eigenvalue weighted by Crippen LogP contribution is 2.13. The molecule has 0 N–H and O–H groups in total. The summed E-state index contributed by atoms with van der Waals surface area (Å²) in [6, 6.07) is 10.0. The minimum absolute atomic E-state index is 0.788. The van der Waals surface area contributed by atoms with E-state index >= 15 is 0 Å². The molecule has 0 aliphatic heterocycles. The van der Waals surface area contributed by atoms with Gasteiger partial charge >= 0.3 is 0 Å². The molecule has 1 aromatic carbocycles. The van der Waals surface area contributed by atoms with E-state index in [1.807, 2.05) is 42.1 Å². The highest BCUT2D eigenvalue weighted by atomic mass is 16.5. The van der Waals surface area contributed by atoms with Gasteiger partial charge in [-0.1, -0.05) is 12.1 Å². The van der Waals surface area contributed by atoms with Crippen molar-refractivity contribution in [3.63, 3.8) is 0 Å². The summed E-state index contributed by atoms with van der Waals surface area (Å²) in [5.41, 5.74) is 2.36. The van der Waals surface area contributed by atoms with Gasteiger partial charge in [-0.25, -0.2) is 0 Å². The third kappa shape index (κ3) is 2.18. The fraction of sp³-hybridized carbons (Fsp3) is 0.250. The largest absolute Gasteiger partial charge is 0.497 e. The lowest BCUT2D eigenvalue weighted by atomic mass is 10.2. The van der Waals surface area contributed by atoms with E-state index in [9.17, 15) is 0 Å². The monoisotopic (exact) mass is 202 g/mol. The van der Waals surface area contributed by atoms with Crippen molar-refractivity contribution >= 4 is 0 Å². The van der Waals surface area contributed by atoms with Crippen molar-refractivity contribution in [1.29, 1.82) is 0 Å². The van der Waals surface area contributed by atoms with Crippen LogP contribution in [0.5, 0.6) is 5.75 Å².